The van der Waals surface area contributed by atoms with E-state index in [0.717, 1.165) is 5.56 Å². The zero-order valence-corrected chi connectivity index (χ0v) is 10.8. The van der Waals surface area contributed by atoms with Gasteiger partial charge in [-0.1, -0.05) is 0 Å². The summed E-state index contributed by atoms with van der Waals surface area (Å²) in [4.78, 5) is 11.6. The number of carbonyl (C=O) groups excluding carboxylic acids is 1. The van der Waals surface area contributed by atoms with E-state index in [1.54, 1.807) is 18.2 Å². The molecule has 0 aliphatic carbocycles. The van der Waals surface area contributed by atoms with E-state index >= 15 is 0 Å². The Morgan fingerprint density at radius 3 is 3.00 bits per heavy atom. The van der Waals surface area contributed by atoms with Crippen molar-refractivity contribution < 1.29 is 14.3 Å². The molecular weight excluding hydrogens is 244 g/mol. The lowest BCUT2D eigenvalue weighted by Crippen LogP contribution is -2.58. The molecule has 0 spiro atoms. The Bertz CT molecular complexity index is 589. The molecule has 98 valence electrons. The van der Waals surface area contributed by atoms with Crippen LogP contribution in [0.5, 0.6) is 5.75 Å². The monoisotopic (exact) mass is 258 g/mol. The van der Waals surface area contributed by atoms with Crippen molar-refractivity contribution in [2.75, 3.05) is 6.61 Å². The van der Waals surface area contributed by atoms with Gasteiger partial charge < -0.3 is 14.8 Å². The molecule has 0 saturated carbocycles. The fraction of sp³-hybridized carbons (Fsp3) is 0.429. The summed E-state index contributed by atoms with van der Waals surface area (Å²) < 4.78 is 11.6. The van der Waals surface area contributed by atoms with E-state index in [1.165, 1.54) is 0 Å². The molecule has 1 amide bonds. The third kappa shape index (κ3) is 1.85. The summed E-state index contributed by atoms with van der Waals surface area (Å²) in [5.41, 5.74) is 0.816. The molecule has 1 N–H and O–H groups in total. The Morgan fingerprint density at radius 1 is 1.47 bits per heavy atom. The fourth-order valence-corrected chi connectivity index (χ4v) is 2.69. The smallest absolute Gasteiger partial charge is 0.246 e. The first-order valence-electron chi connectivity index (χ1n) is 6.15. The van der Waals surface area contributed by atoms with Crippen LogP contribution in [-0.4, -0.2) is 24.2 Å². The lowest BCUT2D eigenvalue weighted by atomic mass is 9.85. The summed E-state index contributed by atoms with van der Waals surface area (Å²) in [6.45, 7) is 3.91. The van der Waals surface area contributed by atoms with Gasteiger partial charge in [0.1, 0.15) is 24.1 Å². The Labute approximate surface area is 111 Å². The number of nitrogens with zero attached hydrogens (tertiary/aromatic N) is 1. The molecule has 1 aromatic rings. The minimum atomic E-state index is -0.528. The van der Waals surface area contributed by atoms with Crippen LogP contribution in [0.25, 0.3) is 0 Å². The molecule has 0 aromatic heterocycles. The number of carbonyl (C=O) groups is 1. The zero-order valence-electron chi connectivity index (χ0n) is 10.8. The van der Waals surface area contributed by atoms with Gasteiger partial charge in [-0.3, -0.25) is 4.79 Å². The molecule has 1 fully saturated rings. The summed E-state index contributed by atoms with van der Waals surface area (Å²) in [5, 5.41) is 11.9. The molecule has 0 unspecified atom stereocenters. The third-order valence-corrected chi connectivity index (χ3v) is 3.55. The number of ether oxygens (including phenoxy) is 2. The summed E-state index contributed by atoms with van der Waals surface area (Å²) in [6.07, 6.45) is -0.258. The third-order valence-electron chi connectivity index (χ3n) is 3.55. The minimum absolute atomic E-state index is 0.0429. The number of fused-ring (bicyclic) bond motifs is 3. The van der Waals surface area contributed by atoms with Gasteiger partial charge >= 0.3 is 0 Å². The molecule has 2 heterocycles. The van der Waals surface area contributed by atoms with Crippen LogP contribution in [0.3, 0.4) is 0 Å². The molecule has 2 aliphatic heterocycles. The highest BCUT2D eigenvalue weighted by Crippen LogP contribution is 2.42. The van der Waals surface area contributed by atoms with Crippen LogP contribution in [0.4, 0.5) is 0 Å². The first kappa shape index (κ1) is 12.0. The highest BCUT2D eigenvalue weighted by Gasteiger charge is 2.47. The molecular formula is C14H14N2O3. The van der Waals surface area contributed by atoms with Gasteiger partial charge in [0.05, 0.1) is 17.7 Å². The molecule has 5 nitrogen and oxygen atoms in total. The van der Waals surface area contributed by atoms with E-state index in [4.69, 9.17) is 14.7 Å². The van der Waals surface area contributed by atoms with Crippen molar-refractivity contribution in [2.24, 2.45) is 0 Å². The van der Waals surface area contributed by atoms with Gasteiger partial charge in [-0.25, -0.2) is 0 Å². The van der Waals surface area contributed by atoms with E-state index < -0.39 is 5.60 Å². The predicted molar refractivity (Wildman–Crippen MR) is 66.5 cm³/mol. The molecule has 0 bridgehead atoms. The molecule has 2 atom stereocenters. The second-order valence-corrected chi connectivity index (χ2v) is 5.35. The second-order valence-electron chi connectivity index (χ2n) is 5.35. The SMILES string of the molecule is CC1(C)Oc2ccc(C#N)cc2[C@H]2NC(=O)CO[C@@H]21. The quantitative estimate of drug-likeness (QED) is 0.761. The maximum Gasteiger partial charge on any atom is 0.246 e. The molecule has 19 heavy (non-hydrogen) atoms. The van der Waals surface area contributed by atoms with Gasteiger partial charge in [0.15, 0.2) is 0 Å². The van der Waals surface area contributed by atoms with Crippen molar-refractivity contribution >= 4 is 5.91 Å². The van der Waals surface area contributed by atoms with Crippen molar-refractivity contribution in [3.05, 3.63) is 29.3 Å². The number of rotatable bonds is 0. The van der Waals surface area contributed by atoms with Crippen molar-refractivity contribution in [3.63, 3.8) is 0 Å². The van der Waals surface area contributed by atoms with Crippen LogP contribution in [-0.2, 0) is 9.53 Å². The topological polar surface area (TPSA) is 71.3 Å². The van der Waals surface area contributed by atoms with Crippen LogP contribution in [0, 0.1) is 11.3 Å². The summed E-state index contributed by atoms with van der Waals surface area (Å²) >= 11 is 0. The van der Waals surface area contributed by atoms with E-state index in [2.05, 4.69) is 11.4 Å². The highest BCUT2D eigenvalue weighted by molar-refractivity contribution is 5.79. The fourth-order valence-electron chi connectivity index (χ4n) is 2.69. The van der Waals surface area contributed by atoms with E-state index in [0.29, 0.717) is 11.3 Å². The zero-order chi connectivity index (χ0) is 13.6. The molecule has 0 radical (unpaired) electrons. The number of hydrogen-bond acceptors (Lipinski definition) is 4. The van der Waals surface area contributed by atoms with Gasteiger partial charge in [-0.2, -0.15) is 5.26 Å². The Kier molecular flexibility index (Phi) is 2.51. The van der Waals surface area contributed by atoms with Crippen molar-refractivity contribution in [1.82, 2.24) is 5.32 Å². The number of amides is 1. The largest absolute Gasteiger partial charge is 0.485 e. The predicted octanol–water partition coefficient (Wildman–Crippen LogP) is 1.29. The van der Waals surface area contributed by atoms with Crippen LogP contribution in [0.2, 0.25) is 0 Å². The Hall–Kier alpha value is -2.06. The molecule has 1 saturated heterocycles. The van der Waals surface area contributed by atoms with Crippen molar-refractivity contribution in [2.45, 2.75) is 31.6 Å². The molecule has 3 rings (SSSR count). The maximum atomic E-state index is 11.6. The van der Waals surface area contributed by atoms with Gasteiger partial charge in [-0.05, 0) is 32.0 Å². The van der Waals surface area contributed by atoms with Crippen LogP contribution >= 0.6 is 0 Å². The molecule has 1 aromatic carbocycles. The van der Waals surface area contributed by atoms with Crippen LogP contribution < -0.4 is 10.1 Å². The highest BCUT2D eigenvalue weighted by atomic mass is 16.6. The van der Waals surface area contributed by atoms with Crippen LogP contribution in [0.1, 0.15) is 31.0 Å². The van der Waals surface area contributed by atoms with E-state index in [9.17, 15) is 4.79 Å². The average Bonchev–Trinajstić information content (AvgIpc) is 2.37. The Balaban J connectivity index is 2.11. The number of morpholine rings is 1. The summed E-state index contributed by atoms with van der Waals surface area (Å²) in [5.74, 6) is 0.545. The van der Waals surface area contributed by atoms with Crippen LogP contribution in [0.15, 0.2) is 18.2 Å². The number of benzene rings is 1. The first-order chi connectivity index (χ1) is 9.01. The number of nitriles is 1. The van der Waals surface area contributed by atoms with E-state index in [-0.39, 0.29) is 24.7 Å². The normalized spacial score (nSPS) is 27.3. The van der Waals surface area contributed by atoms with Crippen molar-refractivity contribution in [1.29, 1.82) is 5.26 Å². The standard InChI is InChI=1S/C14H14N2O3/c1-14(2)13-12(16-11(17)7-18-13)9-5-8(6-15)3-4-10(9)19-14/h3-5,12-13H,7H2,1-2H3,(H,16,17)/t12-,13+/m1/s1. The van der Waals surface area contributed by atoms with E-state index in [1.807, 2.05) is 13.8 Å². The summed E-state index contributed by atoms with van der Waals surface area (Å²) in [6, 6.07) is 7.05. The van der Waals surface area contributed by atoms with Gasteiger partial charge in [0.2, 0.25) is 5.91 Å². The minimum Gasteiger partial charge on any atom is -0.485 e. The number of hydrogen-bond donors (Lipinski definition) is 1. The second kappa shape index (κ2) is 3.97. The summed E-state index contributed by atoms with van der Waals surface area (Å²) in [7, 11) is 0. The average molecular weight is 258 g/mol. The lowest BCUT2D eigenvalue weighted by Gasteiger charge is -2.46. The van der Waals surface area contributed by atoms with Gasteiger partial charge in [-0.15, -0.1) is 0 Å². The Morgan fingerprint density at radius 2 is 2.26 bits per heavy atom. The molecule has 5 heteroatoms. The van der Waals surface area contributed by atoms with Crippen molar-refractivity contribution in [3.8, 4) is 11.8 Å². The lowest BCUT2D eigenvalue weighted by molar-refractivity contribution is -0.156. The first-order valence-corrected chi connectivity index (χ1v) is 6.15. The molecule has 2 aliphatic rings. The van der Waals surface area contributed by atoms with Gasteiger partial charge in [0.25, 0.3) is 0 Å². The maximum absolute atomic E-state index is 11.6. The van der Waals surface area contributed by atoms with Gasteiger partial charge in [0, 0.05) is 5.56 Å². The number of nitrogens with one attached hydrogen (secondary N) is 1.